The third-order valence-electron chi connectivity index (χ3n) is 5.63. The summed E-state index contributed by atoms with van der Waals surface area (Å²) in [7, 11) is -4.83. The van der Waals surface area contributed by atoms with Crippen LogP contribution in [0.3, 0.4) is 0 Å². The maximum atomic E-state index is 13.1. The van der Waals surface area contributed by atoms with Gasteiger partial charge in [0.25, 0.3) is 17.9 Å². The molecule has 1 aromatic heterocycles. The number of ether oxygens (including phenoxy) is 1. The van der Waals surface area contributed by atoms with Crippen molar-refractivity contribution in [2.24, 2.45) is 21.6 Å². The summed E-state index contributed by atoms with van der Waals surface area (Å²) in [6, 6.07) is 3.86. The molecule has 2 heterocycles. The minimum atomic E-state index is -4.83. The number of aliphatic carboxylic acids is 1. The molecule has 19 heteroatoms. The highest BCUT2D eigenvalue weighted by atomic mass is 32.2. The van der Waals surface area contributed by atoms with Crippen molar-refractivity contribution in [2.75, 3.05) is 25.4 Å². The van der Waals surface area contributed by atoms with Crippen LogP contribution >= 0.6 is 11.3 Å². The van der Waals surface area contributed by atoms with Crippen molar-refractivity contribution >= 4 is 56.1 Å². The Morgan fingerprint density at radius 1 is 1.29 bits per heavy atom. The quantitative estimate of drug-likeness (QED) is 0.0493. The van der Waals surface area contributed by atoms with Crippen LogP contribution in [0, 0.1) is 6.92 Å². The molecule has 3 atom stereocenters. The first-order chi connectivity index (χ1) is 19.2. The Bertz CT molecular complexity index is 1470. The predicted octanol–water partition coefficient (Wildman–Crippen LogP) is -1.53. The maximum Gasteiger partial charge on any atom is 0.362 e. The first-order valence-electron chi connectivity index (χ1n) is 11.8. The van der Waals surface area contributed by atoms with E-state index in [-0.39, 0.29) is 26.7 Å². The molecule has 0 radical (unpaired) electrons. The van der Waals surface area contributed by atoms with Crippen LogP contribution in [0.15, 0.2) is 34.4 Å². The number of amides is 2. The molecule has 9 N–H and O–H groups in total. The van der Waals surface area contributed by atoms with Gasteiger partial charge in [-0.3, -0.25) is 19.1 Å². The van der Waals surface area contributed by atoms with E-state index in [1.165, 1.54) is 19.1 Å². The van der Waals surface area contributed by atoms with Gasteiger partial charge in [-0.1, -0.05) is 5.16 Å². The molecule has 0 unspecified atom stereocenters. The van der Waals surface area contributed by atoms with Crippen molar-refractivity contribution in [3.8, 4) is 5.75 Å². The van der Waals surface area contributed by atoms with Crippen molar-refractivity contribution in [2.45, 2.75) is 32.0 Å². The number of carbonyl (C=O) groups is 3. The number of nitrogens with zero attached hydrogens (tertiary/aromatic N) is 4. The van der Waals surface area contributed by atoms with Crippen LogP contribution in [0.4, 0.5) is 5.13 Å². The van der Waals surface area contributed by atoms with Crippen molar-refractivity contribution in [3.05, 3.63) is 40.4 Å². The zero-order valence-electron chi connectivity index (χ0n) is 21.8. The molecular formula is C22H28N8O9S2. The topological polar surface area (TPSA) is 275 Å². The number of rotatable bonds is 13. The van der Waals surface area contributed by atoms with E-state index in [0.29, 0.717) is 23.5 Å². The monoisotopic (exact) mass is 612 g/mol. The molecule has 2 aromatic rings. The van der Waals surface area contributed by atoms with Gasteiger partial charge in [0.2, 0.25) is 0 Å². The molecule has 0 bridgehead atoms. The van der Waals surface area contributed by atoms with Gasteiger partial charge in [-0.05, 0) is 38.1 Å². The summed E-state index contributed by atoms with van der Waals surface area (Å²) in [6.07, 6.45) is -1.69. The molecule has 1 aliphatic heterocycles. The Hall–Kier alpha value is -4.33. The molecular weight excluding hydrogens is 584 g/mol. The molecule has 3 rings (SSSR count). The van der Waals surface area contributed by atoms with E-state index in [9.17, 15) is 32.5 Å². The van der Waals surface area contributed by atoms with Crippen molar-refractivity contribution < 1.29 is 42.0 Å². The normalized spacial score (nSPS) is 18.4. The van der Waals surface area contributed by atoms with Crippen LogP contribution in [0.2, 0.25) is 0 Å². The lowest BCUT2D eigenvalue weighted by Crippen LogP contribution is -2.71. The summed E-state index contributed by atoms with van der Waals surface area (Å²) in [4.78, 5) is 50.8. The number of carboxylic acid groups (broad SMARTS) is 1. The van der Waals surface area contributed by atoms with Crippen LogP contribution in [-0.2, 0) is 29.5 Å². The highest BCUT2D eigenvalue weighted by molar-refractivity contribution is 7.84. The summed E-state index contributed by atoms with van der Waals surface area (Å²) in [5.74, 6) is -3.03. The number of thiazole rings is 1. The van der Waals surface area contributed by atoms with Crippen LogP contribution in [0.5, 0.6) is 5.75 Å². The number of amidine groups is 1. The SMILES string of the molecule is Cc1sc(N)nc1/C(=N/O[C@@H](COc1ccc(C(N)=NCCN)cc1)C(=O)O)C(=O)N[C@@H]1C(=O)N(S(=O)(=O)O)[C@H]1C. The lowest BCUT2D eigenvalue weighted by molar-refractivity contribution is -0.152. The standard InChI is InChI=1S/C22H28N8O9S2/c1-10-15(20(32)30(10)41(35,36)37)27-19(31)17(16-11(2)40-22(25)28-16)29-39-14(21(33)34)9-38-13-5-3-12(4-6-13)18(24)26-8-7-23/h3-6,10,14-15H,7-9,23H2,1-2H3,(H2,24,26)(H2,25,28)(H,27,31)(H,33,34)(H,35,36,37)/b29-17-/t10-,14-,15-/m0/s1. The number of carboxylic acids is 1. The number of nitrogens with one attached hydrogen (secondary N) is 1. The molecule has 0 saturated carbocycles. The molecule has 17 nitrogen and oxygen atoms in total. The molecule has 2 amide bonds. The van der Waals surface area contributed by atoms with Gasteiger partial charge in [-0.15, -0.1) is 11.3 Å². The molecule has 0 spiro atoms. The van der Waals surface area contributed by atoms with Crippen molar-refractivity contribution in [1.29, 1.82) is 0 Å². The number of benzene rings is 1. The third-order valence-corrected chi connectivity index (χ3v) is 7.44. The molecule has 1 aliphatic rings. The summed E-state index contributed by atoms with van der Waals surface area (Å²) in [6.45, 7) is 3.02. The lowest BCUT2D eigenvalue weighted by Gasteiger charge is -2.42. The number of aromatic nitrogens is 1. The fraction of sp³-hybridized carbons (Fsp3) is 0.364. The molecule has 1 aromatic carbocycles. The van der Waals surface area contributed by atoms with Gasteiger partial charge >= 0.3 is 16.3 Å². The molecule has 41 heavy (non-hydrogen) atoms. The van der Waals surface area contributed by atoms with Gasteiger partial charge in [0, 0.05) is 17.0 Å². The first-order valence-corrected chi connectivity index (χ1v) is 14.0. The average Bonchev–Trinajstić information content (AvgIpc) is 3.24. The number of β-lactam (4-membered cyclic amide) rings is 1. The van der Waals surface area contributed by atoms with E-state index in [1.54, 1.807) is 19.1 Å². The minimum absolute atomic E-state index is 0.0504. The number of aliphatic imine (C=N–C) groups is 1. The molecule has 1 fully saturated rings. The van der Waals surface area contributed by atoms with Crippen LogP contribution in [0.1, 0.15) is 23.1 Å². The fourth-order valence-electron chi connectivity index (χ4n) is 3.58. The van der Waals surface area contributed by atoms with E-state index in [2.05, 4.69) is 20.4 Å². The molecule has 222 valence electrons. The Labute approximate surface area is 237 Å². The summed E-state index contributed by atoms with van der Waals surface area (Å²) >= 11 is 1.01. The molecule has 1 saturated heterocycles. The number of anilines is 1. The number of aryl methyl sites for hydroxylation is 1. The van der Waals surface area contributed by atoms with Gasteiger partial charge < -0.3 is 37.2 Å². The summed E-state index contributed by atoms with van der Waals surface area (Å²) in [5, 5.41) is 15.7. The van der Waals surface area contributed by atoms with Crippen LogP contribution < -0.4 is 27.3 Å². The summed E-state index contributed by atoms with van der Waals surface area (Å²) in [5.41, 5.74) is 17.0. The number of oxime groups is 1. The van der Waals surface area contributed by atoms with Gasteiger partial charge in [0.05, 0.1) is 12.6 Å². The largest absolute Gasteiger partial charge is 0.489 e. The van der Waals surface area contributed by atoms with E-state index >= 15 is 0 Å². The van der Waals surface area contributed by atoms with E-state index in [4.69, 9.17) is 26.8 Å². The Kier molecular flexibility index (Phi) is 9.81. The van der Waals surface area contributed by atoms with Gasteiger partial charge in [-0.2, -0.15) is 8.42 Å². The van der Waals surface area contributed by atoms with Gasteiger partial charge in [0.1, 0.15) is 29.9 Å². The third kappa shape index (κ3) is 7.45. The fourth-order valence-corrected chi connectivity index (χ4v) is 5.15. The zero-order chi connectivity index (χ0) is 30.5. The lowest BCUT2D eigenvalue weighted by atomic mass is 10.0. The summed E-state index contributed by atoms with van der Waals surface area (Å²) < 4.78 is 37.6. The minimum Gasteiger partial charge on any atom is -0.489 e. The van der Waals surface area contributed by atoms with Crippen molar-refractivity contribution in [3.63, 3.8) is 0 Å². The zero-order valence-corrected chi connectivity index (χ0v) is 23.4. The highest BCUT2D eigenvalue weighted by Crippen LogP contribution is 2.24. The first kappa shape index (κ1) is 31.2. The van der Waals surface area contributed by atoms with Crippen LogP contribution in [0.25, 0.3) is 0 Å². The average molecular weight is 613 g/mol. The van der Waals surface area contributed by atoms with Crippen molar-refractivity contribution in [1.82, 2.24) is 14.6 Å². The predicted molar refractivity (Wildman–Crippen MR) is 147 cm³/mol. The number of nitrogen functional groups attached to an aromatic ring is 1. The second-order valence-corrected chi connectivity index (χ2v) is 11.0. The Balaban J connectivity index is 1.76. The maximum absolute atomic E-state index is 13.1. The second-order valence-electron chi connectivity index (χ2n) is 8.52. The molecule has 0 aliphatic carbocycles. The number of nitrogens with two attached hydrogens (primary N) is 3. The number of hydrogen-bond acceptors (Lipinski definition) is 13. The number of carbonyl (C=O) groups excluding carboxylic acids is 2. The Morgan fingerprint density at radius 3 is 2.46 bits per heavy atom. The number of hydrogen-bond donors (Lipinski definition) is 6. The van der Waals surface area contributed by atoms with Crippen LogP contribution in [-0.4, -0.2) is 94.6 Å². The van der Waals surface area contributed by atoms with E-state index < -0.39 is 58.6 Å². The van der Waals surface area contributed by atoms with E-state index in [1.807, 2.05) is 0 Å². The van der Waals surface area contributed by atoms with Gasteiger partial charge in [0.15, 0.2) is 10.8 Å². The Morgan fingerprint density at radius 2 is 1.95 bits per heavy atom. The van der Waals surface area contributed by atoms with E-state index in [0.717, 1.165) is 11.3 Å². The highest BCUT2D eigenvalue weighted by Gasteiger charge is 2.51. The smallest absolute Gasteiger partial charge is 0.362 e. The second kappa shape index (κ2) is 12.9. The van der Waals surface area contributed by atoms with Gasteiger partial charge in [-0.25, -0.2) is 14.1 Å².